The van der Waals surface area contributed by atoms with Gasteiger partial charge in [0.1, 0.15) is 5.82 Å². The molecule has 122 valence electrons. The van der Waals surface area contributed by atoms with Crippen molar-refractivity contribution in [3.05, 3.63) is 48.0 Å². The van der Waals surface area contributed by atoms with E-state index in [0.717, 1.165) is 0 Å². The number of rotatable bonds is 2. The molecular weight excluding hydrogens is 317 g/mol. The molecule has 2 aromatic rings. The number of nitrogens with zero attached hydrogens (tertiary/aromatic N) is 3. The highest BCUT2D eigenvalue weighted by atomic mass is 32.2. The highest BCUT2D eigenvalue weighted by molar-refractivity contribution is 7.86. The molecule has 2 heterocycles. The molecule has 0 radical (unpaired) electrons. The molecule has 1 amide bonds. The summed E-state index contributed by atoms with van der Waals surface area (Å²) in [5.74, 6) is -0.00591. The predicted octanol–water partition coefficient (Wildman–Crippen LogP) is 1.99. The first-order valence-electron chi connectivity index (χ1n) is 7.36. The van der Waals surface area contributed by atoms with Crippen LogP contribution in [0.3, 0.4) is 0 Å². The number of carbonyl (C=O) groups is 1. The summed E-state index contributed by atoms with van der Waals surface area (Å²) in [5.41, 5.74) is 1.02. The number of benzene rings is 1. The quantitative estimate of drug-likeness (QED) is 0.843. The molecule has 1 fully saturated rings. The van der Waals surface area contributed by atoms with E-state index in [1.54, 1.807) is 34.0 Å². The van der Waals surface area contributed by atoms with E-state index in [1.165, 1.54) is 12.1 Å². The van der Waals surface area contributed by atoms with E-state index in [-0.39, 0.29) is 11.7 Å². The van der Waals surface area contributed by atoms with Crippen molar-refractivity contribution < 1.29 is 13.4 Å². The molecule has 1 aliphatic rings. The van der Waals surface area contributed by atoms with Gasteiger partial charge in [0.15, 0.2) is 5.69 Å². The molecule has 1 aromatic heterocycles. The van der Waals surface area contributed by atoms with Crippen LogP contribution in [-0.2, 0) is 10.8 Å². The maximum absolute atomic E-state index is 13.0. The Morgan fingerprint density at radius 2 is 1.96 bits per heavy atom. The zero-order valence-corrected chi connectivity index (χ0v) is 13.8. The van der Waals surface area contributed by atoms with Gasteiger partial charge in [-0.15, -0.1) is 0 Å². The second-order valence-corrected chi connectivity index (χ2v) is 8.36. The fraction of sp³-hybridized carbons (Fsp3) is 0.375. The van der Waals surface area contributed by atoms with Crippen LogP contribution in [0.2, 0.25) is 0 Å². The van der Waals surface area contributed by atoms with Crippen LogP contribution in [0.15, 0.2) is 36.5 Å². The van der Waals surface area contributed by atoms with Gasteiger partial charge in [-0.1, -0.05) is 0 Å². The molecule has 0 bridgehead atoms. The molecule has 5 nitrogen and oxygen atoms in total. The Morgan fingerprint density at radius 3 is 2.61 bits per heavy atom. The first kappa shape index (κ1) is 15.9. The minimum atomic E-state index is -0.926. The Kier molecular flexibility index (Phi) is 4.06. The van der Waals surface area contributed by atoms with Crippen LogP contribution in [0.1, 0.15) is 24.3 Å². The number of aromatic nitrogens is 2. The molecule has 0 aliphatic carbocycles. The summed E-state index contributed by atoms with van der Waals surface area (Å²) in [6, 6.07) is 7.54. The van der Waals surface area contributed by atoms with Gasteiger partial charge in [-0.3, -0.25) is 9.00 Å². The average Bonchev–Trinajstić information content (AvgIpc) is 3.00. The Morgan fingerprint density at radius 1 is 1.26 bits per heavy atom. The predicted molar refractivity (Wildman–Crippen MR) is 86.5 cm³/mol. The topological polar surface area (TPSA) is 55.2 Å². The summed E-state index contributed by atoms with van der Waals surface area (Å²) in [4.78, 5) is 14.3. The van der Waals surface area contributed by atoms with Crippen molar-refractivity contribution in [2.75, 3.05) is 18.8 Å². The van der Waals surface area contributed by atoms with E-state index in [9.17, 15) is 13.4 Å². The molecule has 1 atom stereocenters. The SMILES string of the molecule is CC1(C)CN(C(=O)c2ccn(-c3ccc(F)cc3)n2)CC[S@@]1=O. The van der Waals surface area contributed by atoms with Crippen molar-refractivity contribution in [2.45, 2.75) is 18.6 Å². The molecule has 0 unspecified atom stereocenters. The lowest BCUT2D eigenvalue weighted by atomic mass is 10.2. The Bertz CT molecular complexity index is 755. The number of halogens is 1. The van der Waals surface area contributed by atoms with Gasteiger partial charge in [0.25, 0.3) is 5.91 Å². The summed E-state index contributed by atoms with van der Waals surface area (Å²) in [6.45, 7) is 4.72. The van der Waals surface area contributed by atoms with Crippen molar-refractivity contribution in [3.63, 3.8) is 0 Å². The van der Waals surface area contributed by atoms with Crippen molar-refractivity contribution in [2.24, 2.45) is 0 Å². The van der Waals surface area contributed by atoms with Crippen LogP contribution in [0, 0.1) is 5.82 Å². The highest BCUT2D eigenvalue weighted by Crippen LogP contribution is 2.21. The Balaban J connectivity index is 1.79. The highest BCUT2D eigenvalue weighted by Gasteiger charge is 2.35. The maximum atomic E-state index is 13.0. The number of hydrogen-bond donors (Lipinski definition) is 0. The molecule has 0 N–H and O–H groups in total. The molecule has 3 rings (SSSR count). The van der Waals surface area contributed by atoms with Gasteiger partial charge < -0.3 is 4.90 Å². The summed E-state index contributed by atoms with van der Waals surface area (Å²) < 4.78 is 26.1. The Labute approximate surface area is 136 Å². The van der Waals surface area contributed by atoms with Crippen LogP contribution in [-0.4, -0.2) is 48.4 Å². The third kappa shape index (κ3) is 3.19. The largest absolute Gasteiger partial charge is 0.335 e. The van der Waals surface area contributed by atoms with Gasteiger partial charge in [-0.25, -0.2) is 9.07 Å². The fourth-order valence-corrected chi connectivity index (χ4v) is 3.83. The monoisotopic (exact) mass is 335 g/mol. The van der Waals surface area contributed by atoms with Gasteiger partial charge in [0.05, 0.1) is 10.4 Å². The van der Waals surface area contributed by atoms with Gasteiger partial charge in [0, 0.05) is 35.8 Å². The van der Waals surface area contributed by atoms with Crippen LogP contribution < -0.4 is 0 Å². The maximum Gasteiger partial charge on any atom is 0.274 e. The van der Waals surface area contributed by atoms with Crippen LogP contribution >= 0.6 is 0 Å². The minimum absolute atomic E-state index is 0.171. The van der Waals surface area contributed by atoms with Crippen LogP contribution in [0.4, 0.5) is 4.39 Å². The summed E-state index contributed by atoms with van der Waals surface area (Å²) in [6.07, 6.45) is 1.67. The zero-order valence-electron chi connectivity index (χ0n) is 13.0. The molecule has 0 saturated carbocycles. The summed E-state index contributed by atoms with van der Waals surface area (Å²) >= 11 is 0. The molecule has 1 aromatic carbocycles. The Hall–Kier alpha value is -2.02. The first-order valence-corrected chi connectivity index (χ1v) is 8.68. The van der Waals surface area contributed by atoms with Crippen molar-refractivity contribution in [1.29, 1.82) is 0 Å². The third-order valence-corrected chi connectivity index (χ3v) is 5.84. The molecule has 1 saturated heterocycles. The lowest BCUT2D eigenvalue weighted by Gasteiger charge is -2.36. The minimum Gasteiger partial charge on any atom is -0.335 e. The van der Waals surface area contributed by atoms with E-state index in [4.69, 9.17) is 0 Å². The van der Waals surface area contributed by atoms with Gasteiger partial charge in [-0.05, 0) is 44.2 Å². The molecule has 7 heteroatoms. The standard InChI is InChI=1S/C16H18FN3O2S/c1-16(2)11-19(9-10-23(16)22)15(21)14-7-8-20(18-14)13-5-3-12(17)4-6-13/h3-8H,9-11H2,1-2H3/t23-/m0/s1. The second-order valence-electron chi connectivity index (χ2n) is 6.16. The first-order chi connectivity index (χ1) is 10.9. The number of carbonyl (C=O) groups excluding carboxylic acids is 1. The third-order valence-electron chi connectivity index (χ3n) is 3.92. The van der Waals surface area contributed by atoms with E-state index in [2.05, 4.69) is 5.10 Å². The smallest absolute Gasteiger partial charge is 0.274 e. The normalized spacial score (nSPS) is 20.5. The summed E-state index contributed by atoms with van der Waals surface area (Å²) in [5, 5.41) is 4.28. The van der Waals surface area contributed by atoms with Crippen molar-refractivity contribution >= 4 is 16.7 Å². The second kappa shape index (κ2) is 5.88. The lowest BCUT2D eigenvalue weighted by molar-refractivity contribution is 0.0739. The molecule has 23 heavy (non-hydrogen) atoms. The van der Waals surface area contributed by atoms with Crippen LogP contribution in [0.5, 0.6) is 0 Å². The fourth-order valence-electron chi connectivity index (χ4n) is 2.59. The molecule has 0 spiro atoms. The van der Waals surface area contributed by atoms with Gasteiger partial charge >= 0.3 is 0 Å². The van der Waals surface area contributed by atoms with E-state index >= 15 is 0 Å². The van der Waals surface area contributed by atoms with Crippen LogP contribution in [0.25, 0.3) is 5.69 Å². The van der Waals surface area contributed by atoms with Gasteiger partial charge in [-0.2, -0.15) is 5.10 Å². The van der Waals surface area contributed by atoms with Crippen molar-refractivity contribution in [1.82, 2.24) is 14.7 Å². The summed E-state index contributed by atoms with van der Waals surface area (Å²) in [7, 11) is -0.926. The number of amides is 1. The average molecular weight is 335 g/mol. The van der Waals surface area contributed by atoms with Gasteiger partial charge in [0.2, 0.25) is 0 Å². The van der Waals surface area contributed by atoms with E-state index < -0.39 is 15.5 Å². The molecule has 1 aliphatic heterocycles. The van der Waals surface area contributed by atoms with E-state index in [1.807, 2.05) is 13.8 Å². The number of hydrogen-bond acceptors (Lipinski definition) is 3. The molecular formula is C16H18FN3O2S. The van der Waals surface area contributed by atoms with Crippen molar-refractivity contribution in [3.8, 4) is 5.69 Å². The lowest BCUT2D eigenvalue weighted by Crippen LogP contribution is -2.52. The zero-order chi connectivity index (χ0) is 16.6. The van der Waals surface area contributed by atoms with E-state index in [0.29, 0.717) is 30.2 Å².